The van der Waals surface area contributed by atoms with Gasteiger partial charge < -0.3 is 10.5 Å². The van der Waals surface area contributed by atoms with E-state index in [-0.39, 0.29) is 11.2 Å². The highest BCUT2D eigenvalue weighted by molar-refractivity contribution is 9.10. The van der Waals surface area contributed by atoms with E-state index in [2.05, 4.69) is 15.9 Å². The van der Waals surface area contributed by atoms with E-state index < -0.39 is 0 Å². The van der Waals surface area contributed by atoms with Gasteiger partial charge in [-0.1, -0.05) is 35.2 Å². The van der Waals surface area contributed by atoms with Crippen LogP contribution in [0.3, 0.4) is 0 Å². The van der Waals surface area contributed by atoms with Gasteiger partial charge in [0.25, 0.3) is 0 Å². The summed E-state index contributed by atoms with van der Waals surface area (Å²) in [6.45, 7) is 0.623. The van der Waals surface area contributed by atoms with Gasteiger partial charge in [-0.2, -0.15) is 0 Å². The summed E-state index contributed by atoms with van der Waals surface area (Å²) < 4.78 is 6.19. The van der Waals surface area contributed by atoms with Gasteiger partial charge in [0.1, 0.15) is 11.5 Å². The Kier molecular flexibility index (Phi) is 5.82. The zero-order chi connectivity index (χ0) is 15.3. The van der Waals surface area contributed by atoms with Crippen molar-refractivity contribution in [2.24, 2.45) is 11.1 Å². The van der Waals surface area contributed by atoms with Crippen LogP contribution >= 0.6 is 15.9 Å². The van der Waals surface area contributed by atoms with Crippen molar-refractivity contribution in [1.29, 1.82) is 0 Å². The molecular formula is C17H24BrNO2. The smallest absolute Gasteiger partial charge is 0.137 e. The van der Waals surface area contributed by atoms with Gasteiger partial charge in [0, 0.05) is 17.3 Å². The lowest BCUT2D eigenvalue weighted by Crippen LogP contribution is -2.35. The largest absolute Gasteiger partial charge is 0.497 e. The average Bonchev–Trinajstić information content (AvgIpc) is 2.50. The van der Waals surface area contributed by atoms with Crippen LogP contribution in [0.15, 0.2) is 22.7 Å². The molecule has 1 aliphatic rings. The van der Waals surface area contributed by atoms with Crippen molar-refractivity contribution >= 4 is 21.7 Å². The topological polar surface area (TPSA) is 52.3 Å². The number of ether oxygens (including phenoxy) is 1. The summed E-state index contributed by atoms with van der Waals surface area (Å²) in [6.07, 6.45) is 6.91. The predicted molar refractivity (Wildman–Crippen MR) is 88.6 cm³/mol. The van der Waals surface area contributed by atoms with Crippen LogP contribution in [0.25, 0.3) is 0 Å². The third-order valence-corrected chi connectivity index (χ3v) is 5.33. The Morgan fingerprint density at radius 1 is 1.33 bits per heavy atom. The molecule has 116 valence electrons. The van der Waals surface area contributed by atoms with Gasteiger partial charge in [0.15, 0.2) is 0 Å². The highest BCUT2D eigenvalue weighted by atomic mass is 79.9. The molecule has 0 spiro atoms. The Morgan fingerprint density at radius 2 is 2.05 bits per heavy atom. The fraction of sp³-hybridized carbons (Fsp3) is 0.588. The third-order valence-electron chi connectivity index (χ3n) is 4.56. The van der Waals surface area contributed by atoms with Crippen molar-refractivity contribution in [1.82, 2.24) is 0 Å². The molecular weight excluding hydrogens is 330 g/mol. The Hall–Kier alpha value is -0.870. The van der Waals surface area contributed by atoms with Crippen LogP contribution in [0.5, 0.6) is 5.75 Å². The summed E-state index contributed by atoms with van der Waals surface area (Å²) in [6, 6.07) is 5.75. The standard InChI is InChI=1S/C17H24BrNO2/c1-21-15-5-6-16(18)13(10-15)9-14(20)11-17(12-19)7-3-2-4-8-17/h5-6,10H,2-4,7-9,11-12,19H2,1H3. The number of Topliss-reactive ketones (excluding diaryl/α,β-unsaturated/α-hetero) is 1. The summed E-state index contributed by atoms with van der Waals surface area (Å²) in [5.41, 5.74) is 7.00. The molecule has 1 aliphatic carbocycles. The van der Waals surface area contributed by atoms with Crippen LogP contribution in [0, 0.1) is 5.41 Å². The zero-order valence-corrected chi connectivity index (χ0v) is 14.2. The quantitative estimate of drug-likeness (QED) is 0.844. The molecule has 21 heavy (non-hydrogen) atoms. The molecule has 1 aromatic rings. The number of ketones is 1. The first-order chi connectivity index (χ1) is 10.1. The molecule has 0 saturated heterocycles. The van der Waals surface area contributed by atoms with Crippen LogP contribution in [0.2, 0.25) is 0 Å². The van der Waals surface area contributed by atoms with Crippen molar-refractivity contribution in [2.75, 3.05) is 13.7 Å². The highest BCUT2D eigenvalue weighted by Crippen LogP contribution is 2.39. The van der Waals surface area contributed by atoms with E-state index in [1.54, 1.807) is 7.11 Å². The predicted octanol–water partition coefficient (Wildman–Crippen LogP) is 3.87. The van der Waals surface area contributed by atoms with E-state index in [1.807, 2.05) is 18.2 Å². The highest BCUT2D eigenvalue weighted by Gasteiger charge is 2.32. The van der Waals surface area contributed by atoms with Crippen molar-refractivity contribution in [3.8, 4) is 5.75 Å². The number of hydrogen-bond donors (Lipinski definition) is 1. The first-order valence-corrected chi connectivity index (χ1v) is 8.42. The summed E-state index contributed by atoms with van der Waals surface area (Å²) in [5.74, 6) is 1.06. The third kappa shape index (κ3) is 4.30. The first-order valence-electron chi connectivity index (χ1n) is 7.63. The number of carbonyl (C=O) groups is 1. The number of rotatable bonds is 6. The number of methoxy groups -OCH3 is 1. The van der Waals surface area contributed by atoms with Gasteiger partial charge in [-0.25, -0.2) is 0 Å². The SMILES string of the molecule is COc1ccc(Br)c(CC(=O)CC2(CN)CCCCC2)c1. The molecule has 0 aromatic heterocycles. The Labute approximate surface area is 135 Å². The molecule has 0 atom stereocenters. The minimum absolute atomic E-state index is 0.0423. The minimum atomic E-state index is 0.0423. The van der Waals surface area contributed by atoms with Gasteiger partial charge in [0.2, 0.25) is 0 Å². The maximum Gasteiger partial charge on any atom is 0.137 e. The maximum atomic E-state index is 12.5. The van der Waals surface area contributed by atoms with Crippen LogP contribution in [0.1, 0.15) is 44.1 Å². The molecule has 0 amide bonds. The monoisotopic (exact) mass is 353 g/mol. The fourth-order valence-corrected chi connectivity index (χ4v) is 3.65. The molecule has 0 unspecified atom stereocenters. The Morgan fingerprint density at radius 3 is 2.67 bits per heavy atom. The number of hydrogen-bond acceptors (Lipinski definition) is 3. The number of carbonyl (C=O) groups excluding carboxylic acids is 1. The molecule has 0 heterocycles. The molecule has 1 aromatic carbocycles. The summed E-state index contributed by atoms with van der Waals surface area (Å²) in [5, 5.41) is 0. The second kappa shape index (κ2) is 7.41. The average molecular weight is 354 g/mol. The normalized spacial score (nSPS) is 17.5. The van der Waals surface area contributed by atoms with Gasteiger partial charge >= 0.3 is 0 Å². The minimum Gasteiger partial charge on any atom is -0.497 e. The van der Waals surface area contributed by atoms with Gasteiger partial charge in [-0.05, 0) is 48.6 Å². The Bertz CT molecular complexity index is 496. The molecule has 1 saturated carbocycles. The van der Waals surface area contributed by atoms with Gasteiger partial charge in [-0.15, -0.1) is 0 Å². The van der Waals surface area contributed by atoms with E-state index in [4.69, 9.17) is 10.5 Å². The van der Waals surface area contributed by atoms with Crippen molar-refractivity contribution in [2.45, 2.75) is 44.9 Å². The van der Waals surface area contributed by atoms with E-state index in [9.17, 15) is 4.79 Å². The first kappa shape index (κ1) is 16.5. The van der Waals surface area contributed by atoms with Gasteiger partial charge in [0.05, 0.1) is 7.11 Å². The van der Waals surface area contributed by atoms with Gasteiger partial charge in [-0.3, -0.25) is 4.79 Å². The summed E-state index contributed by atoms with van der Waals surface area (Å²) in [4.78, 5) is 12.5. The van der Waals surface area contributed by atoms with Crippen molar-refractivity contribution < 1.29 is 9.53 Å². The van der Waals surface area contributed by atoms with E-state index in [1.165, 1.54) is 19.3 Å². The van der Waals surface area contributed by atoms with Crippen LogP contribution in [-0.4, -0.2) is 19.4 Å². The molecule has 2 N–H and O–H groups in total. The second-order valence-corrected chi connectivity index (χ2v) is 6.97. The van der Waals surface area contributed by atoms with Crippen LogP contribution < -0.4 is 10.5 Å². The summed E-state index contributed by atoms with van der Waals surface area (Å²) >= 11 is 3.51. The lowest BCUT2D eigenvalue weighted by atomic mass is 9.70. The van der Waals surface area contributed by atoms with E-state index >= 15 is 0 Å². The zero-order valence-electron chi connectivity index (χ0n) is 12.7. The fourth-order valence-electron chi connectivity index (χ4n) is 3.26. The number of benzene rings is 1. The lowest BCUT2D eigenvalue weighted by Gasteiger charge is -2.35. The molecule has 0 radical (unpaired) electrons. The second-order valence-electron chi connectivity index (χ2n) is 6.11. The summed E-state index contributed by atoms with van der Waals surface area (Å²) in [7, 11) is 1.64. The molecule has 0 aliphatic heterocycles. The number of halogens is 1. The van der Waals surface area contributed by atoms with Crippen LogP contribution in [0.4, 0.5) is 0 Å². The van der Waals surface area contributed by atoms with E-state index in [0.29, 0.717) is 19.4 Å². The lowest BCUT2D eigenvalue weighted by molar-refractivity contribution is -0.121. The van der Waals surface area contributed by atoms with Crippen molar-refractivity contribution in [3.63, 3.8) is 0 Å². The van der Waals surface area contributed by atoms with Crippen molar-refractivity contribution in [3.05, 3.63) is 28.2 Å². The molecule has 0 bridgehead atoms. The molecule has 3 nitrogen and oxygen atoms in total. The van der Waals surface area contributed by atoms with E-state index in [0.717, 1.165) is 28.6 Å². The Balaban J connectivity index is 2.04. The number of nitrogens with two attached hydrogens (primary N) is 1. The maximum absolute atomic E-state index is 12.5. The van der Waals surface area contributed by atoms with Crippen LogP contribution in [-0.2, 0) is 11.2 Å². The molecule has 2 rings (SSSR count). The molecule has 4 heteroatoms. The molecule has 1 fully saturated rings.